The highest BCUT2D eigenvalue weighted by Crippen LogP contribution is 2.24. The molecule has 0 saturated carbocycles. The predicted octanol–water partition coefficient (Wildman–Crippen LogP) is 2.89. The van der Waals surface area contributed by atoms with Crippen molar-refractivity contribution in [3.8, 4) is 11.4 Å². The second-order valence-corrected chi connectivity index (χ2v) is 6.23. The van der Waals surface area contributed by atoms with Crippen LogP contribution in [0.15, 0.2) is 29.0 Å². The largest absolute Gasteiger partial charge is 0.345 e. The summed E-state index contributed by atoms with van der Waals surface area (Å²) in [5.74, 6) is 2.06. The highest BCUT2D eigenvalue weighted by Gasteiger charge is 2.21. The van der Waals surface area contributed by atoms with E-state index >= 15 is 0 Å². The van der Waals surface area contributed by atoms with Crippen LogP contribution in [0, 0.1) is 5.92 Å². The maximum atomic E-state index is 5.47. The van der Waals surface area contributed by atoms with Gasteiger partial charge in [0, 0.05) is 12.0 Å². The van der Waals surface area contributed by atoms with Crippen molar-refractivity contribution in [3.05, 3.63) is 30.4 Å². The molecule has 0 bridgehead atoms. The third-order valence-electron chi connectivity index (χ3n) is 4.76. The van der Waals surface area contributed by atoms with Gasteiger partial charge in [-0.05, 0) is 56.6 Å². The molecule has 1 fully saturated rings. The number of H-pyrrole nitrogens is 1. The van der Waals surface area contributed by atoms with Gasteiger partial charge in [-0.25, -0.2) is 4.98 Å². The molecule has 2 aromatic heterocycles. The average molecular weight is 311 g/mol. The number of nitrogens with zero attached hydrogens (tertiary/aromatic N) is 4. The van der Waals surface area contributed by atoms with Crippen molar-refractivity contribution >= 4 is 11.0 Å². The number of fused-ring (bicyclic) bond motifs is 1. The minimum Gasteiger partial charge on any atom is -0.345 e. The van der Waals surface area contributed by atoms with Crippen molar-refractivity contribution < 1.29 is 4.52 Å². The SMILES string of the molecule is CCN1CCC(Cc2nc(-c3ccc4nc[nH]c4c3)no2)CC1. The van der Waals surface area contributed by atoms with Gasteiger partial charge in [-0.3, -0.25) is 0 Å². The molecular formula is C17H21N5O. The Morgan fingerprint density at radius 2 is 2.17 bits per heavy atom. The number of hydrogen-bond donors (Lipinski definition) is 1. The van der Waals surface area contributed by atoms with Crippen LogP contribution in [0.5, 0.6) is 0 Å². The molecule has 120 valence electrons. The first kappa shape index (κ1) is 14.4. The molecule has 3 heterocycles. The van der Waals surface area contributed by atoms with Crippen molar-refractivity contribution in [3.63, 3.8) is 0 Å². The fourth-order valence-electron chi connectivity index (χ4n) is 3.28. The fourth-order valence-corrected chi connectivity index (χ4v) is 3.28. The molecule has 0 spiro atoms. The van der Waals surface area contributed by atoms with Crippen molar-refractivity contribution in [2.45, 2.75) is 26.2 Å². The number of piperidine rings is 1. The zero-order chi connectivity index (χ0) is 15.6. The van der Waals surface area contributed by atoms with Crippen LogP contribution in [0.1, 0.15) is 25.7 Å². The number of aromatic amines is 1. The Morgan fingerprint density at radius 1 is 1.30 bits per heavy atom. The van der Waals surface area contributed by atoms with E-state index in [1.807, 2.05) is 18.2 Å². The Kier molecular flexibility index (Phi) is 3.83. The standard InChI is InChI=1S/C17H21N5O/c1-2-22-7-5-12(6-8-22)9-16-20-17(21-23-16)13-3-4-14-15(10-13)19-11-18-14/h3-4,10-12H,2,5-9H2,1H3,(H,18,19). The van der Waals surface area contributed by atoms with Gasteiger partial charge < -0.3 is 14.4 Å². The number of imidazole rings is 1. The van der Waals surface area contributed by atoms with Gasteiger partial charge in [-0.2, -0.15) is 4.98 Å². The highest BCUT2D eigenvalue weighted by molar-refractivity contribution is 5.79. The minimum atomic E-state index is 0.654. The lowest BCUT2D eigenvalue weighted by Crippen LogP contribution is -2.34. The smallest absolute Gasteiger partial charge is 0.227 e. The van der Waals surface area contributed by atoms with Gasteiger partial charge in [0.15, 0.2) is 0 Å². The first-order valence-electron chi connectivity index (χ1n) is 8.30. The number of benzene rings is 1. The lowest BCUT2D eigenvalue weighted by atomic mass is 9.93. The fraction of sp³-hybridized carbons (Fsp3) is 0.471. The van der Waals surface area contributed by atoms with Crippen molar-refractivity contribution in [2.75, 3.05) is 19.6 Å². The highest BCUT2D eigenvalue weighted by atomic mass is 16.5. The maximum absolute atomic E-state index is 5.47. The van der Waals surface area contributed by atoms with E-state index in [9.17, 15) is 0 Å². The first-order valence-corrected chi connectivity index (χ1v) is 8.30. The van der Waals surface area contributed by atoms with Crippen LogP contribution >= 0.6 is 0 Å². The molecule has 1 aliphatic heterocycles. The van der Waals surface area contributed by atoms with E-state index in [0.29, 0.717) is 11.7 Å². The summed E-state index contributed by atoms with van der Waals surface area (Å²) in [6, 6.07) is 5.96. The summed E-state index contributed by atoms with van der Waals surface area (Å²) in [5.41, 5.74) is 2.89. The Bertz CT molecular complexity index is 785. The second kappa shape index (κ2) is 6.12. The molecule has 6 nitrogen and oxygen atoms in total. The van der Waals surface area contributed by atoms with E-state index in [4.69, 9.17) is 4.52 Å². The van der Waals surface area contributed by atoms with Crippen LogP contribution in [0.3, 0.4) is 0 Å². The predicted molar refractivity (Wildman–Crippen MR) is 87.9 cm³/mol. The molecule has 0 radical (unpaired) electrons. The van der Waals surface area contributed by atoms with Gasteiger partial charge in [0.2, 0.25) is 11.7 Å². The molecule has 0 amide bonds. The molecule has 1 saturated heterocycles. The van der Waals surface area contributed by atoms with Crippen LogP contribution in [-0.4, -0.2) is 44.6 Å². The molecule has 4 rings (SSSR count). The summed E-state index contributed by atoms with van der Waals surface area (Å²) in [6.45, 7) is 5.73. The van der Waals surface area contributed by atoms with E-state index < -0.39 is 0 Å². The van der Waals surface area contributed by atoms with Gasteiger partial charge >= 0.3 is 0 Å². The third kappa shape index (κ3) is 2.99. The lowest BCUT2D eigenvalue weighted by Gasteiger charge is -2.30. The summed E-state index contributed by atoms with van der Waals surface area (Å²) in [7, 11) is 0. The molecule has 1 aromatic carbocycles. The van der Waals surface area contributed by atoms with Crippen LogP contribution in [-0.2, 0) is 6.42 Å². The summed E-state index contributed by atoms with van der Waals surface area (Å²) >= 11 is 0. The zero-order valence-corrected chi connectivity index (χ0v) is 13.3. The van der Waals surface area contributed by atoms with Gasteiger partial charge in [-0.1, -0.05) is 12.1 Å². The van der Waals surface area contributed by atoms with Crippen LogP contribution in [0.25, 0.3) is 22.4 Å². The summed E-state index contributed by atoms with van der Waals surface area (Å²) in [5, 5.41) is 4.14. The van der Waals surface area contributed by atoms with E-state index in [0.717, 1.165) is 35.5 Å². The molecule has 23 heavy (non-hydrogen) atoms. The average Bonchev–Trinajstić information content (AvgIpc) is 3.23. The summed E-state index contributed by atoms with van der Waals surface area (Å²) in [4.78, 5) is 14.4. The van der Waals surface area contributed by atoms with Crippen molar-refractivity contribution in [1.29, 1.82) is 0 Å². The van der Waals surface area contributed by atoms with E-state index in [1.54, 1.807) is 6.33 Å². The topological polar surface area (TPSA) is 70.8 Å². The van der Waals surface area contributed by atoms with Crippen LogP contribution in [0.4, 0.5) is 0 Å². The van der Waals surface area contributed by atoms with Gasteiger partial charge in [0.25, 0.3) is 0 Å². The molecule has 1 aliphatic rings. The first-order chi connectivity index (χ1) is 11.3. The molecule has 1 N–H and O–H groups in total. The number of hydrogen-bond acceptors (Lipinski definition) is 5. The van der Waals surface area contributed by atoms with E-state index in [2.05, 4.69) is 31.9 Å². The Morgan fingerprint density at radius 3 is 3.00 bits per heavy atom. The normalized spacial score (nSPS) is 17.1. The van der Waals surface area contributed by atoms with Crippen molar-refractivity contribution in [2.24, 2.45) is 5.92 Å². The van der Waals surface area contributed by atoms with Crippen LogP contribution in [0.2, 0.25) is 0 Å². The van der Waals surface area contributed by atoms with E-state index in [-0.39, 0.29) is 0 Å². The Balaban J connectivity index is 1.46. The van der Waals surface area contributed by atoms with Gasteiger partial charge in [-0.15, -0.1) is 0 Å². The van der Waals surface area contributed by atoms with Crippen LogP contribution < -0.4 is 0 Å². The van der Waals surface area contributed by atoms with Gasteiger partial charge in [0.1, 0.15) is 0 Å². The Labute approximate surface area is 134 Å². The van der Waals surface area contributed by atoms with Crippen molar-refractivity contribution in [1.82, 2.24) is 25.0 Å². The number of aromatic nitrogens is 4. The van der Waals surface area contributed by atoms with E-state index in [1.165, 1.54) is 25.9 Å². The quantitative estimate of drug-likeness (QED) is 0.802. The zero-order valence-electron chi connectivity index (χ0n) is 13.3. The number of nitrogens with one attached hydrogen (secondary N) is 1. The molecule has 0 atom stereocenters. The molecule has 3 aromatic rings. The molecular weight excluding hydrogens is 290 g/mol. The second-order valence-electron chi connectivity index (χ2n) is 6.23. The monoisotopic (exact) mass is 311 g/mol. The maximum Gasteiger partial charge on any atom is 0.227 e. The molecule has 0 aliphatic carbocycles. The third-order valence-corrected chi connectivity index (χ3v) is 4.76. The summed E-state index contributed by atoms with van der Waals surface area (Å²) in [6.07, 6.45) is 5.01. The summed E-state index contributed by atoms with van der Waals surface area (Å²) < 4.78 is 5.47. The lowest BCUT2D eigenvalue weighted by molar-refractivity contribution is 0.185. The van der Waals surface area contributed by atoms with Gasteiger partial charge in [0.05, 0.1) is 17.4 Å². The Hall–Kier alpha value is -2.21. The number of rotatable bonds is 4. The minimum absolute atomic E-state index is 0.654. The molecule has 6 heteroatoms. The number of likely N-dealkylation sites (tertiary alicyclic amines) is 1. The molecule has 0 unspecified atom stereocenters.